The highest BCUT2D eigenvalue weighted by molar-refractivity contribution is 5.86. The quantitative estimate of drug-likeness (QED) is 0.690. The van der Waals surface area contributed by atoms with Crippen LogP contribution in [0.25, 0.3) is 0 Å². The molecule has 0 aliphatic heterocycles. The van der Waals surface area contributed by atoms with Gasteiger partial charge in [0, 0.05) is 12.8 Å². The number of hydrogen-bond donors (Lipinski definition) is 2. The maximum Gasteiger partial charge on any atom is 0.152 e. The zero-order valence-corrected chi connectivity index (χ0v) is 11.0. The Morgan fingerprint density at radius 1 is 0.941 bits per heavy atom. The lowest BCUT2D eigenvalue weighted by Crippen LogP contribution is -2.03. The molecule has 0 aliphatic carbocycles. The van der Waals surface area contributed by atoms with Gasteiger partial charge in [-0.3, -0.25) is 14.4 Å². The van der Waals surface area contributed by atoms with Gasteiger partial charge < -0.3 is 11.5 Å². The fourth-order valence-corrected chi connectivity index (χ4v) is 0.407. The van der Waals surface area contributed by atoms with E-state index in [4.69, 9.17) is 11.5 Å². The highest BCUT2D eigenvalue weighted by Gasteiger charge is 1.84. The van der Waals surface area contributed by atoms with Gasteiger partial charge in [0.15, 0.2) is 5.78 Å². The summed E-state index contributed by atoms with van der Waals surface area (Å²) in [6.45, 7) is 8.71. The lowest BCUT2D eigenvalue weighted by Gasteiger charge is -1.81. The molecule has 0 spiro atoms. The molecule has 0 saturated heterocycles. The van der Waals surface area contributed by atoms with Gasteiger partial charge in [-0.15, -0.1) is 0 Å². The Labute approximate surface area is 103 Å². The third-order valence-electron chi connectivity index (χ3n) is 1.28. The topological polar surface area (TPSA) is 103 Å². The molecule has 0 fully saturated rings. The predicted octanol–water partition coefficient (Wildman–Crippen LogP) is 0.610. The summed E-state index contributed by atoms with van der Waals surface area (Å²) in [5.41, 5.74) is 10.0. The monoisotopic (exact) mass is 244 g/mol. The maximum absolute atomic E-state index is 9.96. The van der Waals surface area contributed by atoms with E-state index in [1.807, 2.05) is 0 Å². The molecule has 0 aromatic heterocycles. The lowest BCUT2D eigenvalue weighted by molar-refractivity contribution is -0.117. The molecule has 17 heavy (non-hydrogen) atoms. The van der Waals surface area contributed by atoms with E-state index in [0.29, 0.717) is 25.9 Å². The van der Waals surface area contributed by atoms with Gasteiger partial charge in [-0.1, -0.05) is 6.58 Å². The Bertz CT molecular complexity index is 222. The van der Waals surface area contributed by atoms with Gasteiger partial charge in [0.05, 0.1) is 0 Å². The number of ketones is 3. The van der Waals surface area contributed by atoms with E-state index in [9.17, 15) is 14.4 Å². The number of hydrogen-bond acceptors (Lipinski definition) is 5. The van der Waals surface area contributed by atoms with E-state index in [1.165, 1.54) is 26.8 Å². The minimum Gasteiger partial charge on any atom is -0.330 e. The molecule has 0 heterocycles. The van der Waals surface area contributed by atoms with Gasteiger partial charge in [0.25, 0.3) is 0 Å². The summed E-state index contributed by atoms with van der Waals surface area (Å²) in [6.07, 6.45) is 2.31. The second kappa shape index (κ2) is 17.1. The molecule has 0 amide bonds. The molecule has 5 heteroatoms. The predicted molar refractivity (Wildman–Crippen MR) is 69.6 cm³/mol. The molecule has 0 saturated carbocycles. The van der Waals surface area contributed by atoms with E-state index in [1.54, 1.807) is 0 Å². The molecular weight excluding hydrogens is 220 g/mol. The summed E-state index contributed by atoms with van der Waals surface area (Å²) < 4.78 is 0. The standard InChI is InChI=1S/2C4H9NO.C4H6O/c2*1-4(6)2-3-5;1-3-4(2)5/h2*2-3,5H2,1H3;3H,1H2,2H3. The van der Waals surface area contributed by atoms with Crippen molar-refractivity contribution in [1.29, 1.82) is 0 Å². The van der Waals surface area contributed by atoms with Crippen molar-refractivity contribution in [2.24, 2.45) is 11.5 Å². The first-order valence-electron chi connectivity index (χ1n) is 5.33. The third kappa shape index (κ3) is 52.9. The summed E-state index contributed by atoms with van der Waals surface area (Å²) in [4.78, 5) is 29.6. The largest absolute Gasteiger partial charge is 0.330 e. The maximum atomic E-state index is 9.96. The molecule has 4 N–H and O–H groups in total. The fourth-order valence-electron chi connectivity index (χ4n) is 0.407. The van der Waals surface area contributed by atoms with E-state index < -0.39 is 0 Å². The number of nitrogens with two attached hydrogens (primary N) is 2. The van der Waals surface area contributed by atoms with Crippen LogP contribution in [0.1, 0.15) is 33.6 Å². The van der Waals surface area contributed by atoms with Crippen LogP contribution >= 0.6 is 0 Å². The first-order valence-corrected chi connectivity index (χ1v) is 5.33. The van der Waals surface area contributed by atoms with E-state index in [2.05, 4.69) is 6.58 Å². The Kier molecular flexibility index (Phi) is 21.1. The number of carbonyl (C=O) groups is 3. The molecule has 0 aromatic rings. The third-order valence-corrected chi connectivity index (χ3v) is 1.28. The molecule has 0 unspecified atom stereocenters. The van der Waals surface area contributed by atoms with Gasteiger partial charge in [0.1, 0.15) is 11.6 Å². The van der Waals surface area contributed by atoms with E-state index >= 15 is 0 Å². The molecular formula is C12H24N2O3. The van der Waals surface area contributed by atoms with Crippen LogP contribution in [-0.4, -0.2) is 30.4 Å². The molecule has 0 aromatic carbocycles. The minimum absolute atomic E-state index is 0.0185. The second-order valence-corrected chi connectivity index (χ2v) is 3.30. The Morgan fingerprint density at radius 3 is 1.18 bits per heavy atom. The zero-order chi connectivity index (χ0) is 14.3. The van der Waals surface area contributed by atoms with Gasteiger partial charge in [-0.2, -0.15) is 0 Å². The Morgan fingerprint density at radius 2 is 1.18 bits per heavy atom. The first kappa shape index (κ1) is 21.0. The number of carbonyl (C=O) groups excluding carboxylic acids is 3. The Balaban J connectivity index is -0.000000174. The minimum atomic E-state index is 0.0185. The average molecular weight is 244 g/mol. The highest BCUT2D eigenvalue weighted by atomic mass is 16.1. The zero-order valence-electron chi connectivity index (χ0n) is 11.0. The van der Waals surface area contributed by atoms with E-state index in [0.717, 1.165) is 0 Å². The molecule has 0 bridgehead atoms. The second-order valence-electron chi connectivity index (χ2n) is 3.30. The summed E-state index contributed by atoms with van der Waals surface area (Å²) in [6, 6.07) is 0. The van der Waals surface area contributed by atoms with Gasteiger partial charge >= 0.3 is 0 Å². The van der Waals surface area contributed by atoms with Crippen molar-refractivity contribution in [3.8, 4) is 0 Å². The van der Waals surface area contributed by atoms with Crippen molar-refractivity contribution in [1.82, 2.24) is 0 Å². The van der Waals surface area contributed by atoms with Crippen LogP contribution in [0.5, 0.6) is 0 Å². The van der Waals surface area contributed by atoms with Crippen LogP contribution in [0.3, 0.4) is 0 Å². The van der Waals surface area contributed by atoms with Crippen LogP contribution in [0.2, 0.25) is 0 Å². The highest BCUT2D eigenvalue weighted by Crippen LogP contribution is 1.72. The van der Waals surface area contributed by atoms with Crippen molar-refractivity contribution in [3.05, 3.63) is 12.7 Å². The average Bonchev–Trinajstić information content (AvgIpc) is 2.19. The lowest BCUT2D eigenvalue weighted by atomic mass is 10.3. The van der Waals surface area contributed by atoms with Gasteiger partial charge in [-0.05, 0) is 39.9 Å². The molecule has 0 aliphatic rings. The molecule has 100 valence electrons. The van der Waals surface area contributed by atoms with Crippen molar-refractivity contribution in [3.63, 3.8) is 0 Å². The van der Waals surface area contributed by atoms with Crippen LogP contribution < -0.4 is 11.5 Å². The van der Waals surface area contributed by atoms with Gasteiger partial charge in [-0.25, -0.2) is 0 Å². The number of allylic oxidation sites excluding steroid dienone is 1. The van der Waals surface area contributed by atoms with Crippen LogP contribution in [-0.2, 0) is 14.4 Å². The first-order chi connectivity index (χ1) is 7.81. The fraction of sp³-hybridized carbons (Fsp3) is 0.583. The van der Waals surface area contributed by atoms with Crippen molar-refractivity contribution in [2.45, 2.75) is 33.6 Å². The van der Waals surface area contributed by atoms with Crippen LogP contribution in [0.15, 0.2) is 12.7 Å². The summed E-state index contributed by atoms with van der Waals surface area (Å²) >= 11 is 0. The summed E-state index contributed by atoms with van der Waals surface area (Å²) in [5.74, 6) is 0.347. The summed E-state index contributed by atoms with van der Waals surface area (Å²) in [7, 11) is 0. The van der Waals surface area contributed by atoms with Gasteiger partial charge in [0.2, 0.25) is 0 Å². The van der Waals surface area contributed by atoms with Crippen molar-refractivity contribution in [2.75, 3.05) is 13.1 Å². The van der Waals surface area contributed by atoms with E-state index in [-0.39, 0.29) is 17.3 Å². The number of Topliss-reactive ketones (excluding diaryl/α,β-unsaturated/α-hetero) is 2. The normalized spacial score (nSPS) is 7.82. The molecule has 0 radical (unpaired) electrons. The smallest absolute Gasteiger partial charge is 0.152 e. The summed E-state index contributed by atoms with van der Waals surface area (Å²) in [5, 5.41) is 0. The van der Waals surface area contributed by atoms with Crippen LogP contribution in [0.4, 0.5) is 0 Å². The number of rotatable bonds is 5. The molecule has 5 nitrogen and oxygen atoms in total. The van der Waals surface area contributed by atoms with Crippen LogP contribution in [0, 0.1) is 0 Å². The van der Waals surface area contributed by atoms with Crippen molar-refractivity contribution < 1.29 is 14.4 Å². The molecule has 0 rings (SSSR count). The van der Waals surface area contributed by atoms with Crippen molar-refractivity contribution >= 4 is 17.3 Å². The Hall–Kier alpha value is -1.33. The molecule has 0 atom stereocenters. The SMILES string of the molecule is C=CC(C)=O.CC(=O)CCN.CC(=O)CCN.